The molecule has 17 heavy (non-hydrogen) atoms. The van der Waals surface area contributed by atoms with Crippen molar-refractivity contribution in [1.29, 1.82) is 0 Å². The first-order valence-electron chi connectivity index (χ1n) is 6.19. The van der Waals surface area contributed by atoms with Crippen LogP contribution >= 0.6 is 0 Å². The van der Waals surface area contributed by atoms with E-state index in [4.69, 9.17) is 0 Å². The number of aromatic hydroxyl groups is 1. The number of nitrogens with zero attached hydrogens (tertiary/aromatic N) is 3. The summed E-state index contributed by atoms with van der Waals surface area (Å²) in [5.41, 5.74) is 1.04. The lowest BCUT2D eigenvalue weighted by Gasteiger charge is -2.21. The summed E-state index contributed by atoms with van der Waals surface area (Å²) in [5, 5.41) is 9.58. The topological polar surface area (TPSA) is 40.8 Å². The van der Waals surface area contributed by atoms with Crippen LogP contribution in [-0.2, 0) is 0 Å². The van der Waals surface area contributed by atoms with Crippen molar-refractivity contribution in [2.75, 3.05) is 13.1 Å². The van der Waals surface area contributed by atoms with Crippen molar-refractivity contribution in [1.82, 2.24) is 14.3 Å². The number of hydrogen-bond acceptors (Lipinski definition) is 3. The second-order valence-corrected chi connectivity index (χ2v) is 4.59. The summed E-state index contributed by atoms with van der Waals surface area (Å²) in [5.74, 6) is 1.34. The standard InChI is InChI=1S/C13H17N3O/c1-2-15-7-3-4-12(15)13-14-8-10-5-6-11(17)9-16(10)13/h5-6,8-9,12,17H,2-4,7H2,1H3. The maximum absolute atomic E-state index is 9.58. The molecule has 0 spiro atoms. The maximum Gasteiger partial charge on any atom is 0.132 e. The zero-order chi connectivity index (χ0) is 11.8. The monoisotopic (exact) mass is 231 g/mol. The number of rotatable bonds is 2. The van der Waals surface area contributed by atoms with Crippen molar-refractivity contribution in [3.63, 3.8) is 0 Å². The van der Waals surface area contributed by atoms with Gasteiger partial charge in [-0.3, -0.25) is 9.30 Å². The molecule has 0 aliphatic carbocycles. The van der Waals surface area contributed by atoms with E-state index in [0.717, 1.165) is 30.9 Å². The van der Waals surface area contributed by atoms with Crippen molar-refractivity contribution < 1.29 is 5.11 Å². The normalized spacial score (nSPS) is 21.4. The minimum atomic E-state index is 0.290. The van der Waals surface area contributed by atoms with E-state index in [1.807, 2.05) is 16.7 Å². The lowest BCUT2D eigenvalue weighted by Crippen LogP contribution is -2.24. The molecule has 0 radical (unpaired) electrons. The smallest absolute Gasteiger partial charge is 0.132 e. The summed E-state index contributed by atoms with van der Waals surface area (Å²) in [6.07, 6.45) is 6.01. The SMILES string of the molecule is CCN1CCCC1c1ncc2ccc(O)cn12. The lowest BCUT2D eigenvalue weighted by molar-refractivity contribution is 0.261. The van der Waals surface area contributed by atoms with E-state index in [2.05, 4.69) is 16.8 Å². The van der Waals surface area contributed by atoms with Crippen LogP contribution in [-0.4, -0.2) is 32.5 Å². The molecule has 1 saturated heterocycles. The fourth-order valence-electron chi connectivity index (χ4n) is 2.74. The highest BCUT2D eigenvalue weighted by atomic mass is 16.3. The van der Waals surface area contributed by atoms with E-state index in [1.165, 1.54) is 6.42 Å². The fraction of sp³-hybridized carbons (Fsp3) is 0.462. The Labute approximate surface area is 101 Å². The first-order valence-corrected chi connectivity index (χ1v) is 6.19. The average Bonchev–Trinajstić information content (AvgIpc) is 2.93. The summed E-state index contributed by atoms with van der Waals surface area (Å²) in [6.45, 7) is 4.39. The zero-order valence-corrected chi connectivity index (χ0v) is 10.0. The highest BCUT2D eigenvalue weighted by Gasteiger charge is 2.27. The minimum absolute atomic E-state index is 0.290. The molecular formula is C13H17N3O. The van der Waals surface area contributed by atoms with E-state index in [-0.39, 0.29) is 5.75 Å². The molecule has 4 heteroatoms. The number of fused-ring (bicyclic) bond motifs is 1. The van der Waals surface area contributed by atoms with Gasteiger partial charge < -0.3 is 5.11 Å². The first kappa shape index (κ1) is 10.6. The Morgan fingerprint density at radius 3 is 3.18 bits per heavy atom. The largest absolute Gasteiger partial charge is 0.506 e. The number of pyridine rings is 1. The third-order valence-corrected chi connectivity index (χ3v) is 3.61. The van der Waals surface area contributed by atoms with Gasteiger partial charge >= 0.3 is 0 Å². The molecule has 0 bridgehead atoms. The Morgan fingerprint density at radius 2 is 2.35 bits per heavy atom. The van der Waals surface area contributed by atoms with Crippen LogP contribution in [0.2, 0.25) is 0 Å². The lowest BCUT2D eigenvalue weighted by atomic mass is 10.2. The third-order valence-electron chi connectivity index (χ3n) is 3.61. The molecule has 3 rings (SSSR count). The van der Waals surface area contributed by atoms with E-state index < -0.39 is 0 Å². The second kappa shape index (κ2) is 4.04. The van der Waals surface area contributed by atoms with Crippen LogP contribution in [0.3, 0.4) is 0 Å². The van der Waals surface area contributed by atoms with Crippen LogP contribution < -0.4 is 0 Å². The van der Waals surface area contributed by atoms with E-state index in [1.54, 1.807) is 12.3 Å². The van der Waals surface area contributed by atoms with Gasteiger partial charge in [-0.1, -0.05) is 6.92 Å². The summed E-state index contributed by atoms with van der Waals surface area (Å²) < 4.78 is 2.01. The van der Waals surface area contributed by atoms with E-state index in [0.29, 0.717) is 6.04 Å². The van der Waals surface area contributed by atoms with E-state index in [9.17, 15) is 5.11 Å². The van der Waals surface area contributed by atoms with Gasteiger partial charge in [-0.25, -0.2) is 4.98 Å². The molecular weight excluding hydrogens is 214 g/mol. The molecule has 4 nitrogen and oxygen atoms in total. The van der Waals surface area contributed by atoms with Crippen LogP contribution in [0.5, 0.6) is 5.75 Å². The number of likely N-dealkylation sites (tertiary alicyclic amines) is 1. The molecule has 0 saturated carbocycles. The van der Waals surface area contributed by atoms with Gasteiger partial charge in [-0.2, -0.15) is 0 Å². The summed E-state index contributed by atoms with van der Waals surface area (Å²) in [7, 11) is 0. The van der Waals surface area contributed by atoms with Crippen LogP contribution in [0.4, 0.5) is 0 Å². The highest BCUT2D eigenvalue weighted by molar-refractivity contribution is 5.48. The Morgan fingerprint density at radius 1 is 1.47 bits per heavy atom. The predicted molar refractivity (Wildman–Crippen MR) is 66.1 cm³/mol. The van der Waals surface area contributed by atoms with Crippen LogP contribution in [0.15, 0.2) is 24.5 Å². The molecule has 90 valence electrons. The van der Waals surface area contributed by atoms with E-state index >= 15 is 0 Å². The van der Waals surface area contributed by atoms with Crippen molar-refractivity contribution in [3.8, 4) is 5.75 Å². The van der Waals surface area contributed by atoms with Crippen molar-refractivity contribution in [2.24, 2.45) is 0 Å². The van der Waals surface area contributed by atoms with Gasteiger partial charge in [0.05, 0.1) is 24.0 Å². The molecule has 0 amide bonds. The van der Waals surface area contributed by atoms with Crippen LogP contribution in [0.25, 0.3) is 5.52 Å². The Bertz CT molecular complexity index is 534. The molecule has 3 heterocycles. The van der Waals surface area contributed by atoms with Gasteiger partial charge in [0, 0.05) is 0 Å². The van der Waals surface area contributed by atoms with Gasteiger partial charge in [0.25, 0.3) is 0 Å². The maximum atomic E-state index is 9.58. The molecule has 1 atom stereocenters. The van der Waals surface area contributed by atoms with Crippen molar-refractivity contribution >= 4 is 5.52 Å². The average molecular weight is 231 g/mol. The second-order valence-electron chi connectivity index (χ2n) is 4.59. The highest BCUT2D eigenvalue weighted by Crippen LogP contribution is 2.31. The third kappa shape index (κ3) is 1.69. The van der Waals surface area contributed by atoms with Crippen LogP contribution in [0.1, 0.15) is 31.6 Å². The summed E-state index contributed by atoms with van der Waals surface area (Å²) in [4.78, 5) is 6.97. The Balaban J connectivity index is 2.07. The number of aromatic nitrogens is 2. The predicted octanol–water partition coefficient (Wildman–Crippen LogP) is 2.20. The first-order chi connectivity index (χ1) is 8.29. The molecule has 1 aliphatic heterocycles. The van der Waals surface area contributed by atoms with Gasteiger partial charge in [-0.15, -0.1) is 0 Å². The van der Waals surface area contributed by atoms with Crippen molar-refractivity contribution in [2.45, 2.75) is 25.8 Å². The number of imidazole rings is 1. The zero-order valence-electron chi connectivity index (χ0n) is 10.0. The van der Waals surface area contributed by atoms with Gasteiger partial charge in [0.1, 0.15) is 11.6 Å². The molecule has 0 aromatic carbocycles. The van der Waals surface area contributed by atoms with Crippen LogP contribution in [0, 0.1) is 0 Å². The summed E-state index contributed by atoms with van der Waals surface area (Å²) in [6, 6.07) is 3.99. The fourth-order valence-corrected chi connectivity index (χ4v) is 2.74. The molecule has 2 aromatic heterocycles. The van der Waals surface area contributed by atoms with Gasteiger partial charge in [0.15, 0.2) is 0 Å². The van der Waals surface area contributed by atoms with Gasteiger partial charge in [-0.05, 0) is 38.1 Å². The van der Waals surface area contributed by atoms with Gasteiger partial charge in [0.2, 0.25) is 0 Å². The molecule has 1 fully saturated rings. The number of hydrogen-bond donors (Lipinski definition) is 1. The Kier molecular flexibility index (Phi) is 2.52. The molecule has 1 unspecified atom stereocenters. The Hall–Kier alpha value is -1.55. The molecule has 2 aromatic rings. The minimum Gasteiger partial charge on any atom is -0.506 e. The summed E-state index contributed by atoms with van der Waals surface area (Å²) >= 11 is 0. The van der Waals surface area contributed by atoms with Crippen molar-refractivity contribution in [3.05, 3.63) is 30.4 Å². The molecule has 1 N–H and O–H groups in total. The molecule has 1 aliphatic rings. The quantitative estimate of drug-likeness (QED) is 0.861.